The van der Waals surface area contributed by atoms with Gasteiger partial charge in [0.1, 0.15) is 0 Å². The summed E-state index contributed by atoms with van der Waals surface area (Å²) in [6.07, 6.45) is 8.61. The number of aryl methyl sites for hydroxylation is 2. The van der Waals surface area contributed by atoms with Crippen LogP contribution in [-0.4, -0.2) is 25.9 Å². The monoisotopic (exact) mass is 364 g/mol. The van der Waals surface area contributed by atoms with Crippen molar-refractivity contribution in [1.29, 1.82) is 0 Å². The summed E-state index contributed by atoms with van der Waals surface area (Å²) < 4.78 is 11.1. The van der Waals surface area contributed by atoms with Gasteiger partial charge in [0, 0.05) is 19.8 Å². The summed E-state index contributed by atoms with van der Waals surface area (Å²) in [5.41, 5.74) is 2.94. The topological polar surface area (TPSA) is 18.5 Å². The number of hydrogen-bond acceptors (Lipinski definition) is 2. The van der Waals surface area contributed by atoms with E-state index >= 15 is 0 Å². The van der Waals surface area contributed by atoms with Gasteiger partial charge in [0.05, 0.1) is 6.10 Å². The fourth-order valence-corrected chi connectivity index (χ4v) is 2.42. The van der Waals surface area contributed by atoms with Crippen LogP contribution in [0.25, 0.3) is 0 Å². The summed E-state index contributed by atoms with van der Waals surface area (Å²) in [7, 11) is 0. The molecule has 2 atom stereocenters. The Bertz CT molecular complexity index is 360. The highest BCUT2D eigenvalue weighted by atomic mass is 16.5. The number of rotatable bonds is 13. The Morgan fingerprint density at radius 1 is 0.769 bits per heavy atom. The zero-order valence-electron chi connectivity index (χ0n) is 18.4. The van der Waals surface area contributed by atoms with Gasteiger partial charge in [0.15, 0.2) is 0 Å². The highest BCUT2D eigenvalue weighted by molar-refractivity contribution is 5.22. The van der Waals surface area contributed by atoms with Crippen LogP contribution in [0.3, 0.4) is 0 Å². The highest BCUT2D eigenvalue weighted by Crippen LogP contribution is 2.08. The molecule has 0 aliphatic rings. The molecule has 0 N–H and O–H groups in total. The summed E-state index contributed by atoms with van der Waals surface area (Å²) in [6, 6.07) is 9.03. The molecule has 0 fully saturated rings. The first-order valence-corrected chi connectivity index (χ1v) is 10.8. The highest BCUT2D eigenvalue weighted by Gasteiger charge is 1.99. The van der Waals surface area contributed by atoms with Crippen LogP contribution < -0.4 is 0 Å². The third-order valence-electron chi connectivity index (χ3n) is 4.61. The Morgan fingerprint density at radius 2 is 1.31 bits per heavy atom. The third-order valence-corrected chi connectivity index (χ3v) is 4.61. The van der Waals surface area contributed by atoms with Crippen LogP contribution in [0.5, 0.6) is 0 Å². The minimum absolute atomic E-state index is 0.393. The minimum Gasteiger partial charge on any atom is -0.381 e. The van der Waals surface area contributed by atoms with Gasteiger partial charge in [-0.3, -0.25) is 0 Å². The van der Waals surface area contributed by atoms with Crippen molar-refractivity contribution in [2.75, 3.05) is 19.8 Å². The van der Waals surface area contributed by atoms with Crippen molar-refractivity contribution in [2.24, 2.45) is 5.92 Å². The van der Waals surface area contributed by atoms with E-state index in [0.29, 0.717) is 12.0 Å². The first-order valence-electron chi connectivity index (χ1n) is 10.8. The van der Waals surface area contributed by atoms with E-state index in [1.807, 2.05) is 0 Å². The van der Waals surface area contributed by atoms with Gasteiger partial charge in [-0.05, 0) is 49.7 Å². The summed E-state index contributed by atoms with van der Waals surface area (Å²) in [6.45, 7) is 15.7. The Morgan fingerprint density at radius 3 is 1.73 bits per heavy atom. The molecule has 1 rings (SSSR count). The van der Waals surface area contributed by atoms with Crippen LogP contribution in [0.1, 0.15) is 84.8 Å². The van der Waals surface area contributed by atoms with Gasteiger partial charge in [-0.15, -0.1) is 0 Å². The second-order valence-electron chi connectivity index (χ2n) is 7.35. The van der Waals surface area contributed by atoms with Gasteiger partial charge in [-0.25, -0.2) is 0 Å². The Labute approximate surface area is 163 Å². The van der Waals surface area contributed by atoms with Crippen molar-refractivity contribution in [2.45, 2.75) is 92.6 Å². The molecule has 0 aliphatic carbocycles. The van der Waals surface area contributed by atoms with Gasteiger partial charge in [-0.1, -0.05) is 78.1 Å². The Balaban J connectivity index is 0.000000485. The molecule has 0 bridgehead atoms. The van der Waals surface area contributed by atoms with E-state index in [1.165, 1.54) is 43.2 Å². The molecule has 0 amide bonds. The van der Waals surface area contributed by atoms with E-state index in [2.05, 4.69) is 65.8 Å². The Kier molecular flexibility index (Phi) is 17.0. The molecular weight excluding hydrogens is 320 g/mol. The van der Waals surface area contributed by atoms with E-state index in [9.17, 15) is 0 Å². The average Bonchev–Trinajstić information content (AvgIpc) is 2.66. The lowest BCUT2D eigenvalue weighted by molar-refractivity contribution is 0.0352. The quantitative estimate of drug-likeness (QED) is 0.356. The maximum absolute atomic E-state index is 5.54. The van der Waals surface area contributed by atoms with Crippen LogP contribution in [-0.2, 0) is 22.3 Å². The molecule has 2 unspecified atom stereocenters. The predicted octanol–water partition coefficient (Wildman–Crippen LogP) is 6.85. The van der Waals surface area contributed by atoms with E-state index in [4.69, 9.17) is 9.47 Å². The van der Waals surface area contributed by atoms with Crippen LogP contribution in [0.15, 0.2) is 24.3 Å². The summed E-state index contributed by atoms with van der Waals surface area (Å²) in [5.74, 6) is 0.686. The molecule has 1 aromatic carbocycles. The van der Waals surface area contributed by atoms with Gasteiger partial charge in [0.25, 0.3) is 0 Å². The first kappa shape index (κ1) is 25.1. The second-order valence-corrected chi connectivity index (χ2v) is 7.35. The maximum Gasteiger partial charge on any atom is 0.0544 e. The molecule has 1 aromatic rings. The molecule has 2 heteroatoms. The molecule has 152 valence electrons. The molecule has 0 spiro atoms. The van der Waals surface area contributed by atoms with E-state index in [1.54, 1.807) is 0 Å². The molecule has 26 heavy (non-hydrogen) atoms. The lowest BCUT2D eigenvalue weighted by atomic mass is 10.1. The van der Waals surface area contributed by atoms with E-state index < -0.39 is 0 Å². The SMILES string of the molecule is CCC(C)COCCCOC(C)CC.CCCc1ccc(CCC)cc1. The zero-order valence-corrected chi connectivity index (χ0v) is 18.4. The zero-order chi connectivity index (χ0) is 19.6. The van der Waals surface area contributed by atoms with Crippen molar-refractivity contribution in [3.63, 3.8) is 0 Å². The van der Waals surface area contributed by atoms with Crippen LogP contribution in [0, 0.1) is 5.92 Å². The molecule has 0 saturated carbocycles. The van der Waals surface area contributed by atoms with Gasteiger partial charge in [-0.2, -0.15) is 0 Å². The molecule has 0 radical (unpaired) electrons. The van der Waals surface area contributed by atoms with Gasteiger partial charge >= 0.3 is 0 Å². The second kappa shape index (κ2) is 17.5. The lowest BCUT2D eigenvalue weighted by Crippen LogP contribution is -2.11. The van der Waals surface area contributed by atoms with Crippen molar-refractivity contribution in [1.82, 2.24) is 0 Å². The molecule has 2 nitrogen and oxygen atoms in total. The fraction of sp³-hybridized carbons (Fsp3) is 0.750. The normalized spacial score (nSPS) is 13.0. The standard InChI is InChI=1S/C12H26O2.C12H18/c1-5-11(3)10-13-8-7-9-14-12(4)6-2;1-3-5-11-7-9-12(6-4-2)10-8-11/h11-12H,5-10H2,1-4H3;7-10H,3-6H2,1-2H3. The fourth-order valence-electron chi connectivity index (χ4n) is 2.42. The Hall–Kier alpha value is -0.860. The van der Waals surface area contributed by atoms with Crippen molar-refractivity contribution in [3.8, 4) is 0 Å². The van der Waals surface area contributed by atoms with E-state index in [0.717, 1.165) is 32.7 Å². The van der Waals surface area contributed by atoms with Crippen LogP contribution in [0.2, 0.25) is 0 Å². The maximum atomic E-state index is 5.54. The number of hydrogen-bond donors (Lipinski definition) is 0. The summed E-state index contributed by atoms with van der Waals surface area (Å²) in [5, 5.41) is 0. The average molecular weight is 365 g/mol. The first-order chi connectivity index (χ1) is 12.6. The summed E-state index contributed by atoms with van der Waals surface area (Å²) in [4.78, 5) is 0. The van der Waals surface area contributed by atoms with Gasteiger partial charge < -0.3 is 9.47 Å². The third kappa shape index (κ3) is 14.3. The van der Waals surface area contributed by atoms with Crippen LogP contribution >= 0.6 is 0 Å². The minimum atomic E-state index is 0.393. The largest absolute Gasteiger partial charge is 0.381 e. The molecule has 0 heterocycles. The lowest BCUT2D eigenvalue weighted by Gasteiger charge is -2.11. The van der Waals surface area contributed by atoms with Crippen molar-refractivity contribution >= 4 is 0 Å². The molecule has 0 aliphatic heterocycles. The molecule has 0 aromatic heterocycles. The molecular formula is C24H44O2. The van der Waals surface area contributed by atoms with Crippen molar-refractivity contribution in [3.05, 3.63) is 35.4 Å². The number of ether oxygens (including phenoxy) is 2. The van der Waals surface area contributed by atoms with Crippen LogP contribution in [0.4, 0.5) is 0 Å². The summed E-state index contributed by atoms with van der Waals surface area (Å²) >= 11 is 0. The van der Waals surface area contributed by atoms with Gasteiger partial charge in [0.2, 0.25) is 0 Å². The van der Waals surface area contributed by atoms with Crippen molar-refractivity contribution < 1.29 is 9.47 Å². The molecule has 0 saturated heterocycles. The number of benzene rings is 1. The predicted molar refractivity (Wildman–Crippen MR) is 115 cm³/mol. The van der Waals surface area contributed by atoms with E-state index in [-0.39, 0.29) is 0 Å². The smallest absolute Gasteiger partial charge is 0.0544 e.